The maximum Gasteiger partial charge on any atom is 0.257 e. The Morgan fingerprint density at radius 2 is 1.91 bits per heavy atom. The Morgan fingerprint density at radius 3 is 2.77 bits per heavy atom. The molecule has 1 amide bonds. The van der Waals surface area contributed by atoms with Gasteiger partial charge in [-0.1, -0.05) is 36.4 Å². The molecule has 3 rings (SSSR count). The number of rotatable bonds is 6. The van der Waals surface area contributed by atoms with Gasteiger partial charge in [-0.3, -0.25) is 4.79 Å². The molecule has 2 N–H and O–H groups in total. The number of carbonyl (C=O) groups is 1. The first kappa shape index (κ1) is 14.2. The summed E-state index contributed by atoms with van der Waals surface area (Å²) < 4.78 is 5.61. The molecule has 3 aromatic rings. The highest BCUT2D eigenvalue weighted by molar-refractivity contribution is 5.86. The molecule has 0 aliphatic heterocycles. The number of hydrogen-bond acceptors (Lipinski definition) is 2. The third kappa shape index (κ3) is 3.47. The third-order valence-corrected chi connectivity index (χ3v) is 3.49. The van der Waals surface area contributed by atoms with Crippen molar-refractivity contribution in [1.29, 1.82) is 0 Å². The predicted molar refractivity (Wildman–Crippen MR) is 86.9 cm³/mol. The van der Waals surface area contributed by atoms with Crippen LogP contribution < -0.4 is 10.1 Å². The molecule has 0 bridgehead atoms. The molecular weight excluding hydrogens is 276 g/mol. The van der Waals surface area contributed by atoms with Crippen molar-refractivity contribution in [2.45, 2.75) is 6.42 Å². The van der Waals surface area contributed by atoms with Gasteiger partial charge in [0.1, 0.15) is 5.75 Å². The predicted octanol–water partition coefficient (Wildman–Crippen LogP) is 2.91. The van der Waals surface area contributed by atoms with E-state index in [0.717, 1.165) is 23.1 Å². The molecule has 0 spiro atoms. The Bertz CT molecular complexity index is 750. The summed E-state index contributed by atoms with van der Waals surface area (Å²) in [6.45, 7) is 0.639. The summed E-state index contributed by atoms with van der Waals surface area (Å²) in [5.74, 6) is 0.612. The summed E-state index contributed by atoms with van der Waals surface area (Å²) in [6.07, 6.45) is 2.68. The van der Waals surface area contributed by atoms with Crippen LogP contribution in [0.25, 0.3) is 10.9 Å². The summed E-state index contributed by atoms with van der Waals surface area (Å²) in [7, 11) is 0. The second-order valence-electron chi connectivity index (χ2n) is 5.07. The summed E-state index contributed by atoms with van der Waals surface area (Å²) in [5.41, 5.74) is 2.21. The van der Waals surface area contributed by atoms with Gasteiger partial charge in [0.15, 0.2) is 6.61 Å². The van der Waals surface area contributed by atoms with Crippen molar-refractivity contribution in [3.63, 3.8) is 0 Å². The van der Waals surface area contributed by atoms with E-state index in [4.69, 9.17) is 4.74 Å². The van der Waals surface area contributed by atoms with Gasteiger partial charge in [-0.25, -0.2) is 0 Å². The fourth-order valence-electron chi connectivity index (χ4n) is 2.37. The van der Waals surface area contributed by atoms with Gasteiger partial charge < -0.3 is 15.0 Å². The van der Waals surface area contributed by atoms with Crippen LogP contribution in [0, 0.1) is 0 Å². The summed E-state index contributed by atoms with van der Waals surface area (Å²) in [4.78, 5) is 15.0. The van der Waals surface area contributed by atoms with E-state index in [2.05, 4.69) is 22.4 Å². The van der Waals surface area contributed by atoms with Crippen molar-refractivity contribution >= 4 is 16.8 Å². The van der Waals surface area contributed by atoms with Crippen molar-refractivity contribution in [2.24, 2.45) is 0 Å². The van der Waals surface area contributed by atoms with Crippen LogP contribution in [0.4, 0.5) is 0 Å². The zero-order valence-corrected chi connectivity index (χ0v) is 12.2. The molecule has 1 heterocycles. The van der Waals surface area contributed by atoms with E-state index in [9.17, 15) is 4.79 Å². The Morgan fingerprint density at radius 1 is 1.05 bits per heavy atom. The monoisotopic (exact) mass is 294 g/mol. The molecule has 0 atom stereocenters. The maximum atomic E-state index is 11.8. The number of ether oxygens (including phenoxy) is 1. The number of aromatic nitrogens is 1. The van der Waals surface area contributed by atoms with E-state index < -0.39 is 0 Å². The summed E-state index contributed by atoms with van der Waals surface area (Å²) >= 11 is 0. The van der Waals surface area contributed by atoms with Crippen LogP contribution in [0.3, 0.4) is 0 Å². The SMILES string of the molecule is O=C(COc1cccc2[nH]ccc12)NCCc1ccccc1. The molecule has 4 heteroatoms. The number of H-pyrrole nitrogens is 1. The average molecular weight is 294 g/mol. The lowest BCUT2D eigenvalue weighted by atomic mass is 10.1. The van der Waals surface area contributed by atoms with Crippen molar-refractivity contribution in [2.75, 3.05) is 13.2 Å². The van der Waals surface area contributed by atoms with Gasteiger partial charge in [0.25, 0.3) is 5.91 Å². The van der Waals surface area contributed by atoms with Crippen LogP contribution >= 0.6 is 0 Å². The Labute approximate surface area is 129 Å². The molecule has 112 valence electrons. The van der Waals surface area contributed by atoms with Crippen LogP contribution in [0.1, 0.15) is 5.56 Å². The molecule has 0 saturated heterocycles. The standard InChI is InChI=1S/C18H18N2O2/c21-18(20-11-9-14-5-2-1-3-6-14)13-22-17-8-4-7-16-15(17)10-12-19-16/h1-8,10,12,19H,9,11,13H2,(H,20,21). The highest BCUT2D eigenvalue weighted by atomic mass is 16.5. The van der Waals surface area contributed by atoms with Crippen LogP contribution in [0.5, 0.6) is 5.75 Å². The van der Waals surface area contributed by atoms with Crippen molar-refractivity contribution in [3.8, 4) is 5.75 Å². The molecular formula is C18H18N2O2. The minimum absolute atomic E-state index is 0.0269. The summed E-state index contributed by atoms with van der Waals surface area (Å²) in [5, 5.41) is 3.86. The minimum atomic E-state index is -0.108. The van der Waals surface area contributed by atoms with Crippen molar-refractivity contribution < 1.29 is 9.53 Å². The van der Waals surface area contributed by atoms with Crippen molar-refractivity contribution in [1.82, 2.24) is 10.3 Å². The third-order valence-electron chi connectivity index (χ3n) is 3.49. The molecule has 0 fully saturated rings. The second-order valence-corrected chi connectivity index (χ2v) is 5.07. The molecule has 2 aromatic carbocycles. The van der Waals surface area contributed by atoms with Crippen LogP contribution in [0.15, 0.2) is 60.8 Å². The van der Waals surface area contributed by atoms with E-state index >= 15 is 0 Å². The molecule has 0 aliphatic carbocycles. The number of fused-ring (bicyclic) bond motifs is 1. The maximum absolute atomic E-state index is 11.8. The van der Waals surface area contributed by atoms with E-state index in [1.807, 2.05) is 48.7 Å². The van der Waals surface area contributed by atoms with Gasteiger partial charge in [-0.15, -0.1) is 0 Å². The first-order chi connectivity index (χ1) is 10.8. The lowest BCUT2D eigenvalue weighted by Gasteiger charge is -2.08. The zero-order valence-electron chi connectivity index (χ0n) is 12.2. The molecule has 0 saturated carbocycles. The fourth-order valence-corrected chi connectivity index (χ4v) is 2.37. The largest absolute Gasteiger partial charge is 0.483 e. The molecule has 0 aliphatic rings. The average Bonchev–Trinajstić information content (AvgIpc) is 3.03. The Balaban J connectivity index is 1.47. The lowest BCUT2D eigenvalue weighted by Crippen LogP contribution is -2.30. The summed E-state index contributed by atoms with van der Waals surface area (Å²) in [6, 6.07) is 17.8. The molecule has 4 nitrogen and oxygen atoms in total. The minimum Gasteiger partial charge on any atom is -0.483 e. The van der Waals surface area contributed by atoms with Gasteiger partial charge in [-0.05, 0) is 30.2 Å². The van der Waals surface area contributed by atoms with E-state index in [1.54, 1.807) is 0 Å². The van der Waals surface area contributed by atoms with Gasteiger partial charge in [0, 0.05) is 23.6 Å². The number of carbonyl (C=O) groups excluding carboxylic acids is 1. The van der Waals surface area contributed by atoms with Crippen molar-refractivity contribution in [3.05, 3.63) is 66.4 Å². The zero-order chi connectivity index (χ0) is 15.2. The normalized spacial score (nSPS) is 10.5. The number of nitrogens with one attached hydrogen (secondary N) is 2. The van der Waals surface area contributed by atoms with Crippen LogP contribution in [-0.2, 0) is 11.2 Å². The first-order valence-corrected chi connectivity index (χ1v) is 7.32. The number of aromatic amines is 1. The second kappa shape index (κ2) is 6.80. The van der Waals surface area contributed by atoms with Gasteiger partial charge >= 0.3 is 0 Å². The molecule has 1 aromatic heterocycles. The number of hydrogen-bond donors (Lipinski definition) is 2. The lowest BCUT2D eigenvalue weighted by molar-refractivity contribution is -0.123. The van der Waals surface area contributed by atoms with Gasteiger partial charge in [-0.2, -0.15) is 0 Å². The highest BCUT2D eigenvalue weighted by Crippen LogP contribution is 2.24. The topological polar surface area (TPSA) is 54.1 Å². The molecule has 22 heavy (non-hydrogen) atoms. The quantitative estimate of drug-likeness (QED) is 0.734. The number of benzene rings is 2. The Hall–Kier alpha value is -2.75. The number of amides is 1. The van der Waals surface area contributed by atoms with Gasteiger partial charge in [0.2, 0.25) is 0 Å². The van der Waals surface area contributed by atoms with Crippen LogP contribution in [-0.4, -0.2) is 24.0 Å². The van der Waals surface area contributed by atoms with E-state index in [0.29, 0.717) is 6.54 Å². The Kier molecular flexibility index (Phi) is 4.39. The highest BCUT2D eigenvalue weighted by Gasteiger charge is 2.06. The smallest absolute Gasteiger partial charge is 0.257 e. The van der Waals surface area contributed by atoms with E-state index in [1.165, 1.54) is 5.56 Å². The van der Waals surface area contributed by atoms with Crippen LogP contribution in [0.2, 0.25) is 0 Å². The molecule has 0 unspecified atom stereocenters. The molecule has 0 radical (unpaired) electrons. The first-order valence-electron chi connectivity index (χ1n) is 7.32. The fraction of sp³-hybridized carbons (Fsp3) is 0.167. The van der Waals surface area contributed by atoms with E-state index in [-0.39, 0.29) is 12.5 Å². The van der Waals surface area contributed by atoms with Gasteiger partial charge in [0.05, 0.1) is 0 Å².